The van der Waals surface area contributed by atoms with Gasteiger partial charge in [-0.15, -0.1) is 0 Å². The lowest BCUT2D eigenvalue weighted by molar-refractivity contribution is -0.141. The molecule has 21 heavy (non-hydrogen) atoms. The summed E-state index contributed by atoms with van der Waals surface area (Å²) in [4.78, 5) is 16.6. The predicted molar refractivity (Wildman–Crippen MR) is 70.1 cm³/mol. The molecule has 1 aromatic heterocycles. The third kappa shape index (κ3) is 3.98. The molecule has 0 spiro atoms. The van der Waals surface area contributed by atoms with Gasteiger partial charge in [-0.1, -0.05) is 11.6 Å². The average molecular weight is 324 g/mol. The Morgan fingerprint density at radius 2 is 2.00 bits per heavy atom. The first-order valence-corrected chi connectivity index (χ1v) is 6.63. The minimum Gasteiger partial charge on any atom is -0.393 e. The van der Waals surface area contributed by atoms with Crippen LogP contribution in [0.15, 0.2) is 12.1 Å². The number of rotatable bonds is 1. The van der Waals surface area contributed by atoms with Crippen molar-refractivity contribution in [1.29, 1.82) is 0 Å². The van der Waals surface area contributed by atoms with E-state index < -0.39 is 29.0 Å². The molecule has 116 valence electrons. The molecule has 0 saturated carbocycles. The van der Waals surface area contributed by atoms with E-state index in [9.17, 15) is 23.1 Å². The van der Waals surface area contributed by atoms with Gasteiger partial charge in [0.2, 0.25) is 0 Å². The monoisotopic (exact) mass is 323 g/mol. The molecule has 1 aromatic rings. The van der Waals surface area contributed by atoms with Gasteiger partial charge in [-0.05, 0) is 25.0 Å². The van der Waals surface area contributed by atoms with Gasteiger partial charge in [0.15, 0.2) is 5.69 Å². The number of halogens is 4. The summed E-state index contributed by atoms with van der Waals surface area (Å²) in [5.41, 5.74) is -1.24. The third-order valence-electron chi connectivity index (χ3n) is 3.10. The molecule has 1 fully saturated rings. The first kappa shape index (κ1) is 15.8. The van der Waals surface area contributed by atoms with Crippen LogP contribution in [0.25, 0.3) is 0 Å². The van der Waals surface area contributed by atoms with Crippen molar-refractivity contribution < 1.29 is 23.1 Å². The smallest absolute Gasteiger partial charge is 0.393 e. The second-order valence-electron chi connectivity index (χ2n) is 4.67. The van der Waals surface area contributed by atoms with Crippen molar-refractivity contribution in [1.82, 2.24) is 9.88 Å². The van der Waals surface area contributed by atoms with Crippen molar-refractivity contribution >= 4 is 23.4 Å². The van der Waals surface area contributed by atoms with Crippen LogP contribution in [-0.2, 0) is 6.18 Å². The quantitative estimate of drug-likeness (QED) is 0.835. The van der Waals surface area contributed by atoms with Crippen molar-refractivity contribution in [2.45, 2.75) is 25.1 Å². The standard InChI is InChI=1S/C12H13ClF3N3O2/c13-8-1-2-9(17-10(8)12(14,15)16)18-11(21)19-5-3-7(20)4-6-19/h1-2,7,20H,3-6H2,(H,17,18,21). The second kappa shape index (κ2) is 6.07. The number of hydrogen-bond acceptors (Lipinski definition) is 3. The molecule has 0 atom stereocenters. The van der Waals surface area contributed by atoms with Gasteiger partial charge in [-0.3, -0.25) is 5.32 Å². The van der Waals surface area contributed by atoms with Gasteiger partial charge in [-0.25, -0.2) is 9.78 Å². The van der Waals surface area contributed by atoms with Crippen LogP contribution in [0, 0.1) is 0 Å². The Bertz CT molecular complexity index is 531. The number of aliphatic hydroxyl groups excluding tert-OH is 1. The number of aliphatic hydroxyl groups is 1. The predicted octanol–water partition coefficient (Wildman–Crippen LogP) is 2.74. The number of urea groups is 1. The third-order valence-corrected chi connectivity index (χ3v) is 3.41. The van der Waals surface area contributed by atoms with E-state index in [2.05, 4.69) is 10.3 Å². The SMILES string of the molecule is O=C(Nc1ccc(Cl)c(C(F)(F)F)n1)N1CCC(O)CC1. The summed E-state index contributed by atoms with van der Waals surface area (Å²) in [6.07, 6.45) is -4.25. The molecular weight excluding hydrogens is 311 g/mol. The Morgan fingerprint density at radius 3 is 2.57 bits per heavy atom. The first-order valence-electron chi connectivity index (χ1n) is 6.25. The summed E-state index contributed by atoms with van der Waals surface area (Å²) in [6.45, 7) is 0.680. The number of piperidine rings is 1. The lowest BCUT2D eigenvalue weighted by Gasteiger charge is -2.29. The van der Waals surface area contributed by atoms with Crippen LogP contribution in [0.3, 0.4) is 0 Å². The number of nitrogens with zero attached hydrogens (tertiary/aromatic N) is 2. The van der Waals surface area contributed by atoms with Gasteiger partial charge in [0.05, 0.1) is 11.1 Å². The zero-order valence-electron chi connectivity index (χ0n) is 10.8. The Labute approximate surface area is 123 Å². The van der Waals surface area contributed by atoms with Crippen LogP contribution in [0.5, 0.6) is 0 Å². The van der Waals surface area contributed by atoms with E-state index in [0.717, 1.165) is 6.07 Å². The minimum absolute atomic E-state index is 0.220. The zero-order valence-corrected chi connectivity index (χ0v) is 11.6. The number of nitrogens with one attached hydrogen (secondary N) is 1. The number of amides is 2. The van der Waals surface area contributed by atoms with E-state index in [4.69, 9.17) is 11.6 Å². The molecular formula is C12H13ClF3N3O2. The van der Waals surface area contributed by atoms with E-state index >= 15 is 0 Å². The van der Waals surface area contributed by atoms with Crippen LogP contribution in [0.4, 0.5) is 23.8 Å². The van der Waals surface area contributed by atoms with Crippen LogP contribution in [0.2, 0.25) is 5.02 Å². The summed E-state index contributed by atoms with van der Waals surface area (Å²) >= 11 is 5.45. The average Bonchev–Trinajstić information content (AvgIpc) is 2.40. The maximum atomic E-state index is 12.7. The van der Waals surface area contributed by atoms with Crippen molar-refractivity contribution in [2.24, 2.45) is 0 Å². The second-order valence-corrected chi connectivity index (χ2v) is 5.08. The number of carbonyl (C=O) groups is 1. The molecule has 0 aliphatic carbocycles. The summed E-state index contributed by atoms with van der Waals surface area (Å²) in [5, 5.41) is 11.1. The summed E-state index contributed by atoms with van der Waals surface area (Å²) in [5.74, 6) is -0.220. The Hall–Kier alpha value is -1.54. The number of hydrogen-bond donors (Lipinski definition) is 2. The fourth-order valence-corrected chi connectivity index (χ4v) is 2.18. The largest absolute Gasteiger partial charge is 0.434 e. The molecule has 5 nitrogen and oxygen atoms in total. The molecule has 9 heteroatoms. The summed E-state index contributed by atoms with van der Waals surface area (Å²) in [6, 6.07) is 1.69. The van der Waals surface area contributed by atoms with Gasteiger partial charge in [0, 0.05) is 13.1 Å². The maximum Gasteiger partial charge on any atom is 0.434 e. The molecule has 0 aromatic carbocycles. The molecule has 1 aliphatic heterocycles. The topological polar surface area (TPSA) is 65.5 Å². The molecule has 0 unspecified atom stereocenters. The molecule has 2 amide bonds. The lowest BCUT2D eigenvalue weighted by Crippen LogP contribution is -2.42. The first-order chi connectivity index (χ1) is 9.77. The van der Waals surface area contributed by atoms with Gasteiger partial charge in [0.1, 0.15) is 5.82 Å². The van der Waals surface area contributed by atoms with E-state index in [1.165, 1.54) is 11.0 Å². The number of pyridine rings is 1. The fraction of sp³-hybridized carbons (Fsp3) is 0.500. The van der Waals surface area contributed by atoms with Crippen LogP contribution < -0.4 is 5.32 Å². The molecule has 0 radical (unpaired) electrons. The lowest BCUT2D eigenvalue weighted by atomic mass is 10.1. The van der Waals surface area contributed by atoms with Crippen molar-refractivity contribution in [3.05, 3.63) is 22.8 Å². The van der Waals surface area contributed by atoms with Gasteiger partial charge in [0.25, 0.3) is 0 Å². The maximum absolute atomic E-state index is 12.7. The van der Waals surface area contributed by atoms with Crippen LogP contribution in [-0.4, -0.2) is 40.2 Å². The highest BCUT2D eigenvalue weighted by molar-refractivity contribution is 6.31. The number of aromatic nitrogens is 1. The van der Waals surface area contributed by atoms with Crippen LogP contribution >= 0.6 is 11.6 Å². The Kier molecular flexibility index (Phi) is 4.58. The van der Waals surface area contributed by atoms with Gasteiger partial charge >= 0.3 is 12.2 Å². The van der Waals surface area contributed by atoms with E-state index in [1.807, 2.05) is 0 Å². The summed E-state index contributed by atoms with van der Waals surface area (Å²) < 4.78 is 38.0. The number of anilines is 1. The zero-order chi connectivity index (χ0) is 15.6. The highest BCUT2D eigenvalue weighted by Crippen LogP contribution is 2.33. The van der Waals surface area contributed by atoms with E-state index in [0.29, 0.717) is 25.9 Å². The number of alkyl halides is 3. The van der Waals surface area contributed by atoms with Crippen molar-refractivity contribution in [3.63, 3.8) is 0 Å². The molecule has 2 heterocycles. The molecule has 0 bridgehead atoms. The van der Waals surface area contributed by atoms with Crippen molar-refractivity contribution in [3.8, 4) is 0 Å². The van der Waals surface area contributed by atoms with Gasteiger partial charge in [-0.2, -0.15) is 13.2 Å². The Morgan fingerprint density at radius 1 is 1.38 bits per heavy atom. The summed E-state index contributed by atoms with van der Waals surface area (Å²) in [7, 11) is 0. The molecule has 1 saturated heterocycles. The van der Waals surface area contributed by atoms with E-state index in [-0.39, 0.29) is 5.82 Å². The normalized spacial score (nSPS) is 16.9. The van der Waals surface area contributed by atoms with Crippen LogP contribution in [0.1, 0.15) is 18.5 Å². The fourth-order valence-electron chi connectivity index (χ4n) is 1.97. The highest BCUT2D eigenvalue weighted by atomic mass is 35.5. The Balaban J connectivity index is 2.08. The number of carbonyl (C=O) groups excluding carboxylic acids is 1. The molecule has 2 rings (SSSR count). The van der Waals surface area contributed by atoms with Gasteiger partial charge < -0.3 is 10.0 Å². The van der Waals surface area contributed by atoms with E-state index in [1.54, 1.807) is 0 Å². The molecule has 2 N–H and O–H groups in total. The van der Waals surface area contributed by atoms with Crippen molar-refractivity contribution in [2.75, 3.05) is 18.4 Å². The number of likely N-dealkylation sites (tertiary alicyclic amines) is 1. The molecule has 1 aliphatic rings. The highest BCUT2D eigenvalue weighted by Gasteiger charge is 2.35. The minimum atomic E-state index is -4.69.